The van der Waals surface area contributed by atoms with Crippen LogP contribution in [0.5, 0.6) is 0 Å². The van der Waals surface area contributed by atoms with Crippen LogP contribution in [0.4, 0.5) is 0 Å². The van der Waals surface area contributed by atoms with Crippen molar-refractivity contribution in [3.05, 3.63) is 116 Å². The van der Waals surface area contributed by atoms with E-state index in [0.717, 1.165) is 16.4 Å². The molecule has 0 spiro atoms. The normalized spacial score (nSPS) is 11.9. The van der Waals surface area contributed by atoms with Gasteiger partial charge in [-0.25, -0.2) is 0 Å². The molecule has 3 nitrogen and oxygen atoms in total. The second-order valence-electron chi connectivity index (χ2n) is 7.67. The van der Waals surface area contributed by atoms with Crippen LogP contribution < -0.4 is 21.2 Å². The van der Waals surface area contributed by atoms with Crippen molar-refractivity contribution in [2.45, 2.75) is 0 Å². The van der Waals surface area contributed by atoms with Gasteiger partial charge in [0.1, 0.15) is 34.0 Å². The summed E-state index contributed by atoms with van der Waals surface area (Å²) >= 11 is 0. The Kier molecular flexibility index (Phi) is 4.22. The van der Waals surface area contributed by atoms with Crippen LogP contribution in [0.15, 0.2) is 116 Å². The molecule has 0 radical (unpaired) electrons. The molecule has 0 fully saturated rings. The van der Waals surface area contributed by atoms with Crippen LogP contribution in [0.3, 0.4) is 0 Å². The van der Waals surface area contributed by atoms with Gasteiger partial charge >= 0.3 is 0 Å². The molecule has 148 valence electrons. The largest absolute Gasteiger partial charge is 0.361 e. The van der Waals surface area contributed by atoms with Gasteiger partial charge in [0.15, 0.2) is 0 Å². The number of rotatable bonds is 4. The molecule has 4 heteroatoms. The minimum absolute atomic E-state index is 1.11. The molecule has 0 saturated heterocycles. The number of benzene rings is 4. The van der Waals surface area contributed by atoms with Crippen LogP contribution in [-0.4, -0.2) is 15.2 Å². The van der Waals surface area contributed by atoms with Crippen molar-refractivity contribution < 1.29 is 0 Å². The van der Waals surface area contributed by atoms with Gasteiger partial charge in [-0.1, -0.05) is 54.6 Å². The van der Waals surface area contributed by atoms with Gasteiger partial charge in [0.05, 0.1) is 6.20 Å². The third kappa shape index (κ3) is 2.67. The molecule has 2 N–H and O–H groups in total. The molecule has 6 rings (SSSR count). The van der Waals surface area contributed by atoms with Crippen LogP contribution in [0.2, 0.25) is 0 Å². The van der Waals surface area contributed by atoms with E-state index in [0.29, 0.717) is 0 Å². The first-order chi connectivity index (χ1) is 15.4. The highest BCUT2D eigenvalue weighted by molar-refractivity contribution is 8.02. The molecular weight excluding hydrogens is 397 g/mol. The van der Waals surface area contributed by atoms with E-state index in [9.17, 15) is 0 Å². The highest BCUT2D eigenvalue weighted by Gasteiger charge is 2.50. The lowest BCUT2D eigenvalue weighted by Crippen LogP contribution is -2.39. The van der Waals surface area contributed by atoms with Gasteiger partial charge < -0.3 is 4.98 Å². The maximum atomic E-state index is 4.40. The third-order valence-electron chi connectivity index (χ3n) is 6.04. The Morgan fingerprint density at radius 1 is 0.613 bits per heavy atom. The number of fused-ring (bicyclic) bond motifs is 2. The highest BCUT2D eigenvalue weighted by atomic mass is 31.2. The molecule has 0 bridgehead atoms. The summed E-state index contributed by atoms with van der Waals surface area (Å²) < 4.78 is 0. The van der Waals surface area contributed by atoms with Gasteiger partial charge in [-0.15, -0.1) is 0 Å². The maximum Gasteiger partial charge on any atom is 0.147 e. The number of hydrogen-bond acceptors (Lipinski definition) is 1. The number of aromatic nitrogens is 3. The van der Waals surface area contributed by atoms with Gasteiger partial charge in [0.2, 0.25) is 0 Å². The van der Waals surface area contributed by atoms with E-state index in [4.69, 9.17) is 0 Å². The van der Waals surface area contributed by atoms with Crippen molar-refractivity contribution in [2.75, 3.05) is 0 Å². The standard InChI is InChI=1S/C27H21N3P/c1-3-10-21(11-4-1)31(22-12-5-2-6-13-22,25-15-8-14-24-23(25)17-18-28-24)26-16-7-9-20-19-29-30-27(20)26/h1-19,28H,(H,29,30)/q+1. The average Bonchev–Trinajstić information content (AvgIpc) is 3.51. The number of hydrogen-bond donors (Lipinski definition) is 2. The Labute approximate surface area is 181 Å². The third-order valence-corrected chi connectivity index (χ3v) is 10.4. The van der Waals surface area contributed by atoms with E-state index in [-0.39, 0.29) is 0 Å². The molecule has 6 aromatic rings. The smallest absolute Gasteiger partial charge is 0.147 e. The predicted octanol–water partition coefficient (Wildman–Crippen LogP) is 4.66. The Balaban J connectivity index is 1.86. The number of aromatic amines is 2. The van der Waals surface area contributed by atoms with Crippen molar-refractivity contribution in [2.24, 2.45) is 0 Å². The number of nitrogens with zero attached hydrogens (tertiary/aromatic N) is 1. The summed E-state index contributed by atoms with van der Waals surface area (Å²) in [5, 5.41) is 15.4. The van der Waals surface area contributed by atoms with Gasteiger partial charge in [-0.3, -0.25) is 5.10 Å². The Bertz CT molecular complexity index is 1370. The van der Waals surface area contributed by atoms with Gasteiger partial charge in [0, 0.05) is 22.5 Å². The summed E-state index contributed by atoms with van der Waals surface area (Å²) in [6, 6.07) is 37.3. The van der Waals surface area contributed by atoms with Crippen molar-refractivity contribution in [3.63, 3.8) is 0 Å². The Morgan fingerprint density at radius 2 is 1.29 bits per heavy atom. The Morgan fingerprint density at radius 3 is 2.03 bits per heavy atom. The average molecular weight is 418 g/mol. The zero-order valence-corrected chi connectivity index (χ0v) is 17.8. The van der Waals surface area contributed by atoms with Crippen LogP contribution in [0, 0.1) is 0 Å². The molecule has 2 aromatic heterocycles. The predicted molar refractivity (Wildman–Crippen MR) is 133 cm³/mol. The fraction of sp³-hybridized carbons (Fsp3) is 0. The van der Waals surface area contributed by atoms with E-state index >= 15 is 0 Å². The second-order valence-corrected chi connectivity index (χ2v) is 11.0. The van der Waals surface area contributed by atoms with Gasteiger partial charge in [-0.05, 0) is 48.5 Å². The summed E-state index contributed by atoms with van der Waals surface area (Å²) in [7, 11) is -2.22. The monoisotopic (exact) mass is 418 g/mol. The van der Waals surface area contributed by atoms with E-state index in [1.165, 1.54) is 26.6 Å². The zero-order valence-electron chi connectivity index (χ0n) is 16.9. The molecule has 0 unspecified atom stereocenters. The van der Waals surface area contributed by atoms with Crippen molar-refractivity contribution >= 4 is 50.3 Å². The molecular formula is C27H21N3P+. The van der Waals surface area contributed by atoms with E-state index in [2.05, 4.69) is 118 Å². The maximum absolute atomic E-state index is 4.40. The number of nitrogens with one attached hydrogen (secondary N) is 2. The second kappa shape index (κ2) is 7.23. The van der Waals surface area contributed by atoms with Crippen LogP contribution in [0.25, 0.3) is 21.8 Å². The SMILES string of the molecule is c1ccc([P+](c2ccccc2)(c2cccc3[nH]ccc23)c2cccc3cn[nH]c23)cc1. The van der Waals surface area contributed by atoms with Crippen LogP contribution in [0.1, 0.15) is 0 Å². The first-order valence-electron chi connectivity index (χ1n) is 10.4. The van der Waals surface area contributed by atoms with Crippen LogP contribution in [-0.2, 0) is 0 Å². The molecule has 0 aliphatic heterocycles. The number of para-hydroxylation sites is 1. The minimum atomic E-state index is -2.22. The van der Waals surface area contributed by atoms with E-state index in [1.54, 1.807) is 0 Å². The van der Waals surface area contributed by atoms with E-state index in [1.807, 2.05) is 12.4 Å². The van der Waals surface area contributed by atoms with Crippen molar-refractivity contribution in [1.29, 1.82) is 0 Å². The summed E-state index contributed by atoms with van der Waals surface area (Å²) in [4.78, 5) is 3.42. The molecule has 0 amide bonds. The molecule has 2 heterocycles. The lowest BCUT2D eigenvalue weighted by Gasteiger charge is -2.28. The quantitative estimate of drug-likeness (QED) is 0.402. The van der Waals surface area contributed by atoms with Crippen molar-refractivity contribution in [1.82, 2.24) is 15.2 Å². The molecule has 0 atom stereocenters. The Hall–Kier alpha value is -3.68. The first-order valence-corrected chi connectivity index (χ1v) is 12.2. The van der Waals surface area contributed by atoms with Gasteiger partial charge in [0.25, 0.3) is 0 Å². The molecule has 0 aliphatic carbocycles. The summed E-state index contributed by atoms with van der Waals surface area (Å²) in [5.41, 5.74) is 2.27. The summed E-state index contributed by atoms with van der Waals surface area (Å²) in [5.74, 6) is 0. The summed E-state index contributed by atoms with van der Waals surface area (Å²) in [6.45, 7) is 0. The van der Waals surface area contributed by atoms with Crippen LogP contribution >= 0.6 is 7.26 Å². The zero-order chi connectivity index (χ0) is 20.7. The molecule has 0 aliphatic rings. The van der Waals surface area contributed by atoms with E-state index < -0.39 is 7.26 Å². The topological polar surface area (TPSA) is 44.5 Å². The fourth-order valence-electron chi connectivity index (χ4n) is 4.73. The molecule has 4 aromatic carbocycles. The first kappa shape index (κ1) is 18.1. The fourth-order valence-corrected chi connectivity index (χ4v) is 9.33. The van der Waals surface area contributed by atoms with Gasteiger partial charge in [-0.2, -0.15) is 5.10 Å². The lowest BCUT2D eigenvalue weighted by molar-refractivity contribution is 1.12. The highest BCUT2D eigenvalue weighted by Crippen LogP contribution is 2.56. The molecule has 0 saturated carbocycles. The summed E-state index contributed by atoms with van der Waals surface area (Å²) in [6.07, 6.45) is 3.95. The molecule has 31 heavy (non-hydrogen) atoms. The van der Waals surface area contributed by atoms with Crippen molar-refractivity contribution in [3.8, 4) is 0 Å². The number of H-pyrrole nitrogens is 2. The minimum Gasteiger partial charge on any atom is -0.361 e. The lowest BCUT2D eigenvalue weighted by atomic mass is 10.2.